The Labute approximate surface area is 81.7 Å². The van der Waals surface area contributed by atoms with Gasteiger partial charge in [0.25, 0.3) is 0 Å². The molecule has 14 heavy (non-hydrogen) atoms. The highest BCUT2D eigenvalue weighted by molar-refractivity contribution is 5.85. The van der Waals surface area contributed by atoms with Gasteiger partial charge in [0.2, 0.25) is 0 Å². The molecule has 0 aliphatic heterocycles. The number of aryl methyl sites for hydroxylation is 1. The molecule has 1 N–H and O–H groups in total. The number of hydrogen-bond acceptors (Lipinski definition) is 2. The van der Waals surface area contributed by atoms with Crippen LogP contribution in [0.25, 0.3) is 10.9 Å². The zero-order chi connectivity index (χ0) is 10.1. The molecule has 0 spiro atoms. The van der Waals surface area contributed by atoms with Gasteiger partial charge in [0, 0.05) is 24.0 Å². The first-order valence-electron chi connectivity index (χ1n) is 4.43. The molecule has 1 aromatic carbocycles. The van der Waals surface area contributed by atoms with Crippen LogP contribution in [0, 0.1) is 6.92 Å². The molecule has 0 unspecified atom stereocenters. The minimum Gasteiger partial charge on any atom is -0.427 e. The first-order chi connectivity index (χ1) is 6.66. The lowest BCUT2D eigenvalue weighted by molar-refractivity contribution is -0.131. The predicted molar refractivity (Wildman–Crippen MR) is 54.3 cm³/mol. The number of benzene rings is 1. The van der Waals surface area contributed by atoms with E-state index < -0.39 is 0 Å². The number of hydrogen-bond donors (Lipinski definition) is 1. The SMILES string of the molecule is CC(=O)Oc1ccc2[nH]cc(C)c2c1. The fourth-order valence-electron chi connectivity index (χ4n) is 1.47. The van der Waals surface area contributed by atoms with E-state index in [9.17, 15) is 4.79 Å². The number of carbonyl (C=O) groups is 1. The zero-order valence-electron chi connectivity index (χ0n) is 8.13. The van der Waals surface area contributed by atoms with E-state index in [1.54, 1.807) is 6.07 Å². The van der Waals surface area contributed by atoms with Gasteiger partial charge in [-0.1, -0.05) is 0 Å². The highest BCUT2D eigenvalue weighted by Crippen LogP contribution is 2.22. The maximum absolute atomic E-state index is 10.7. The number of ether oxygens (including phenoxy) is 1. The van der Waals surface area contributed by atoms with Gasteiger partial charge in [0.05, 0.1) is 0 Å². The Morgan fingerprint density at radius 2 is 2.21 bits per heavy atom. The summed E-state index contributed by atoms with van der Waals surface area (Å²) in [5.74, 6) is 0.297. The van der Waals surface area contributed by atoms with Crippen LogP contribution in [0.1, 0.15) is 12.5 Å². The topological polar surface area (TPSA) is 42.1 Å². The Morgan fingerprint density at radius 1 is 1.43 bits per heavy atom. The number of carbonyl (C=O) groups excluding carboxylic acids is 1. The van der Waals surface area contributed by atoms with Crippen LogP contribution in [-0.4, -0.2) is 11.0 Å². The van der Waals surface area contributed by atoms with Gasteiger partial charge in [-0.3, -0.25) is 4.79 Å². The van der Waals surface area contributed by atoms with Crippen molar-refractivity contribution in [2.75, 3.05) is 0 Å². The summed E-state index contributed by atoms with van der Waals surface area (Å²) in [7, 11) is 0. The quantitative estimate of drug-likeness (QED) is 0.553. The average molecular weight is 189 g/mol. The van der Waals surface area contributed by atoms with Gasteiger partial charge in [-0.05, 0) is 30.7 Å². The van der Waals surface area contributed by atoms with Gasteiger partial charge in [0.1, 0.15) is 5.75 Å². The number of fused-ring (bicyclic) bond motifs is 1. The van der Waals surface area contributed by atoms with E-state index in [0.29, 0.717) is 5.75 Å². The second-order valence-electron chi connectivity index (χ2n) is 3.27. The molecule has 3 nitrogen and oxygen atoms in total. The van der Waals surface area contributed by atoms with E-state index in [1.165, 1.54) is 6.92 Å². The van der Waals surface area contributed by atoms with E-state index in [4.69, 9.17) is 4.74 Å². The summed E-state index contributed by atoms with van der Waals surface area (Å²) in [6.45, 7) is 3.41. The van der Waals surface area contributed by atoms with Crippen molar-refractivity contribution in [2.45, 2.75) is 13.8 Å². The fourth-order valence-corrected chi connectivity index (χ4v) is 1.47. The van der Waals surface area contributed by atoms with Gasteiger partial charge in [-0.25, -0.2) is 0 Å². The summed E-state index contributed by atoms with van der Waals surface area (Å²) in [6.07, 6.45) is 1.93. The Kier molecular flexibility index (Phi) is 2.00. The maximum Gasteiger partial charge on any atom is 0.308 e. The Bertz CT molecular complexity index is 485. The minimum absolute atomic E-state index is 0.294. The predicted octanol–water partition coefficient (Wildman–Crippen LogP) is 2.40. The number of aromatic amines is 1. The summed E-state index contributed by atoms with van der Waals surface area (Å²) in [5, 5.41) is 1.09. The zero-order valence-corrected chi connectivity index (χ0v) is 8.13. The molecule has 1 aromatic heterocycles. The lowest BCUT2D eigenvalue weighted by atomic mass is 10.2. The first kappa shape index (κ1) is 8.81. The van der Waals surface area contributed by atoms with Crippen molar-refractivity contribution >= 4 is 16.9 Å². The number of H-pyrrole nitrogens is 1. The molecule has 0 fully saturated rings. The second kappa shape index (κ2) is 3.18. The molecule has 0 amide bonds. The van der Waals surface area contributed by atoms with Crippen molar-refractivity contribution in [2.24, 2.45) is 0 Å². The van der Waals surface area contributed by atoms with E-state index in [1.807, 2.05) is 25.3 Å². The third-order valence-corrected chi connectivity index (χ3v) is 2.12. The van der Waals surface area contributed by atoms with Crippen molar-refractivity contribution < 1.29 is 9.53 Å². The molecule has 0 aliphatic rings. The molecule has 72 valence electrons. The van der Waals surface area contributed by atoms with Crippen LogP contribution in [-0.2, 0) is 4.79 Å². The molecule has 2 rings (SSSR count). The minimum atomic E-state index is -0.294. The highest BCUT2D eigenvalue weighted by Gasteiger charge is 2.02. The second-order valence-corrected chi connectivity index (χ2v) is 3.27. The summed E-state index contributed by atoms with van der Waals surface area (Å²) in [4.78, 5) is 13.9. The molecule has 0 radical (unpaired) electrons. The maximum atomic E-state index is 10.7. The van der Waals surface area contributed by atoms with E-state index in [-0.39, 0.29) is 5.97 Å². The third-order valence-electron chi connectivity index (χ3n) is 2.12. The van der Waals surface area contributed by atoms with Crippen LogP contribution in [0.3, 0.4) is 0 Å². The van der Waals surface area contributed by atoms with Crippen molar-refractivity contribution in [3.8, 4) is 5.75 Å². The normalized spacial score (nSPS) is 10.4. The van der Waals surface area contributed by atoms with Gasteiger partial charge in [-0.15, -0.1) is 0 Å². The summed E-state index contributed by atoms with van der Waals surface area (Å²) in [6, 6.07) is 5.54. The van der Waals surface area contributed by atoms with Crippen molar-refractivity contribution in [1.82, 2.24) is 4.98 Å². The lowest BCUT2D eigenvalue weighted by Crippen LogP contribution is -2.00. The van der Waals surface area contributed by atoms with Gasteiger partial charge < -0.3 is 9.72 Å². The Hall–Kier alpha value is -1.77. The van der Waals surface area contributed by atoms with Crippen LogP contribution in [0.15, 0.2) is 24.4 Å². The Balaban J connectivity index is 2.49. The van der Waals surface area contributed by atoms with Gasteiger partial charge >= 0.3 is 5.97 Å². The highest BCUT2D eigenvalue weighted by atomic mass is 16.5. The van der Waals surface area contributed by atoms with Crippen LogP contribution < -0.4 is 4.74 Å². The van der Waals surface area contributed by atoms with Crippen LogP contribution in [0.2, 0.25) is 0 Å². The summed E-state index contributed by atoms with van der Waals surface area (Å²) >= 11 is 0. The first-order valence-corrected chi connectivity index (χ1v) is 4.43. The molecule has 0 aliphatic carbocycles. The van der Waals surface area contributed by atoms with E-state index in [0.717, 1.165) is 16.5 Å². The lowest BCUT2D eigenvalue weighted by Gasteiger charge is -2.00. The third kappa shape index (κ3) is 1.48. The largest absolute Gasteiger partial charge is 0.427 e. The molecule has 0 saturated heterocycles. The molecule has 0 bridgehead atoms. The van der Waals surface area contributed by atoms with E-state index >= 15 is 0 Å². The molecule has 1 heterocycles. The van der Waals surface area contributed by atoms with Crippen LogP contribution in [0.5, 0.6) is 5.75 Å². The van der Waals surface area contributed by atoms with Gasteiger partial charge in [0.15, 0.2) is 0 Å². The number of nitrogens with one attached hydrogen (secondary N) is 1. The molecule has 0 saturated carbocycles. The molecular formula is C11H11NO2. The monoisotopic (exact) mass is 189 g/mol. The van der Waals surface area contributed by atoms with Crippen LogP contribution in [0.4, 0.5) is 0 Å². The summed E-state index contributed by atoms with van der Waals surface area (Å²) < 4.78 is 4.99. The molecular weight excluding hydrogens is 178 g/mol. The van der Waals surface area contributed by atoms with Crippen molar-refractivity contribution in [1.29, 1.82) is 0 Å². The Morgan fingerprint density at radius 3 is 2.93 bits per heavy atom. The average Bonchev–Trinajstić information content (AvgIpc) is 2.47. The van der Waals surface area contributed by atoms with Gasteiger partial charge in [-0.2, -0.15) is 0 Å². The molecule has 2 aromatic rings. The van der Waals surface area contributed by atoms with Crippen molar-refractivity contribution in [3.05, 3.63) is 30.0 Å². The number of rotatable bonds is 1. The molecule has 0 atom stereocenters. The fraction of sp³-hybridized carbons (Fsp3) is 0.182. The smallest absolute Gasteiger partial charge is 0.308 e. The number of aromatic nitrogens is 1. The summed E-state index contributed by atoms with van der Waals surface area (Å²) in [5.41, 5.74) is 2.20. The van der Waals surface area contributed by atoms with Crippen LogP contribution >= 0.6 is 0 Å². The van der Waals surface area contributed by atoms with Crippen molar-refractivity contribution in [3.63, 3.8) is 0 Å². The number of esters is 1. The standard InChI is InChI=1S/C11H11NO2/c1-7-6-12-11-4-3-9(5-10(7)11)14-8(2)13/h3-6,12H,1-2H3. The molecule has 3 heteroatoms. The van der Waals surface area contributed by atoms with E-state index in [2.05, 4.69) is 4.98 Å².